The maximum atomic E-state index is 12.4. The summed E-state index contributed by atoms with van der Waals surface area (Å²) in [6.07, 6.45) is 0. The molecule has 0 aliphatic rings. The van der Waals surface area contributed by atoms with Crippen LogP contribution in [0.15, 0.2) is 53.0 Å². The Hall–Kier alpha value is -2.25. The Bertz CT molecular complexity index is 866. The van der Waals surface area contributed by atoms with Gasteiger partial charge in [-0.05, 0) is 53.2 Å². The first-order valence-electron chi connectivity index (χ1n) is 7.20. The Labute approximate surface area is 152 Å². The number of hydrogen-bond donors (Lipinski definition) is 1. The number of ether oxygens (including phenoxy) is 1. The molecule has 0 fully saturated rings. The number of halogens is 1. The molecule has 0 unspecified atom stereocenters. The molecule has 24 heavy (non-hydrogen) atoms. The molecule has 2 aromatic carbocycles. The van der Waals surface area contributed by atoms with Crippen molar-refractivity contribution in [1.29, 1.82) is 0 Å². The highest BCUT2D eigenvalue weighted by molar-refractivity contribution is 9.10. The maximum Gasteiger partial charge on any atom is 0.255 e. The molecule has 1 heterocycles. The van der Waals surface area contributed by atoms with Crippen molar-refractivity contribution in [3.8, 4) is 5.75 Å². The Morgan fingerprint density at radius 3 is 2.79 bits per heavy atom. The summed E-state index contributed by atoms with van der Waals surface area (Å²) >= 11 is 4.58. The summed E-state index contributed by atoms with van der Waals surface area (Å²) in [5.41, 5.74) is 2.92. The number of aromatic nitrogens is 2. The summed E-state index contributed by atoms with van der Waals surface area (Å²) in [6, 6.07) is 14.5. The van der Waals surface area contributed by atoms with Gasteiger partial charge in [0.2, 0.25) is 0 Å². The molecule has 3 aromatic rings. The van der Waals surface area contributed by atoms with E-state index in [4.69, 9.17) is 4.74 Å². The highest BCUT2D eigenvalue weighted by Gasteiger charge is 2.10. The average molecular weight is 404 g/mol. The van der Waals surface area contributed by atoms with Crippen molar-refractivity contribution in [3.05, 3.63) is 70.0 Å². The van der Waals surface area contributed by atoms with Crippen LogP contribution in [0.1, 0.15) is 21.7 Å². The number of aryl methyl sites for hydroxylation is 1. The summed E-state index contributed by atoms with van der Waals surface area (Å²) in [5, 5.41) is 2.87. The van der Waals surface area contributed by atoms with Gasteiger partial charge in [0.05, 0.1) is 23.1 Å². The minimum absolute atomic E-state index is 0.196. The van der Waals surface area contributed by atoms with E-state index in [0.29, 0.717) is 17.9 Å². The molecule has 1 amide bonds. The molecule has 1 N–H and O–H groups in total. The van der Waals surface area contributed by atoms with E-state index in [1.807, 2.05) is 37.3 Å². The normalized spacial score (nSPS) is 10.4. The smallest absolute Gasteiger partial charge is 0.255 e. The van der Waals surface area contributed by atoms with Crippen LogP contribution in [0.3, 0.4) is 0 Å². The van der Waals surface area contributed by atoms with Crippen LogP contribution in [0.5, 0.6) is 5.75 Å². The minimum atomic E-state index is -0.196. The lowest BCUT2D eigenvalue weighted by molar-refractivity contribution is 0.102. The Kier molecular flexibility index (Phi) is 5.22. The highest BCUT2D eigenvalue weighted by Crippen LogP contribution is 2.23. The fraction of sp³-hybridized carbons (Fsp3) is 0.118. The van der Waals surface area contributed by atoms with Crippen molar-refractivity contribution in [2.24, 2.45) is 0 Å². The summed E-state index contributed by atoms with van der Waals surface area (Å²) < 4.78 is 14.8. The van der Waals surface area contributed by atoms with Gasteiger partial charge in [0.15, 0.2) is 0 Å². The molecular formula is C17H14BrN3O2S. The van der Waals surface area contributed by atoms with Crippen LogP contribution in [0.2, 0.25) is 0 Å². The van der Waals surface area contributed by atoms with E-state index in [9.17, 15) is 4.79 Å². The SMILES string of the molecule is Cc1nsnc1COc1cccc(C(=O)Nc2ccccc2Br)c1. The van der Waals surface area contributed by atoms with Crippen molar-refractivity contribution in [2.45, 2.75) is 13.5 Å². The van der Waals surface area contributed by atoms with Crippen LogP contribution in [-0.2, 0) is 6.61 Å². The number of rotatable bonds is 5. The van der Waals surface area contributed by atoms with Crippen LogP contribution in [0, 0.1) is 6.92 Å². The fourth-order valence-corrected chi connectivity index (χ4v) is 2.95. The molecule has 5 nitrogen and oxygen atoms in total. The molecule has 3 rings (SSSR count). The number of nitrogens with one attached hydrogen (secondary N) is 1. The Morgan fingerprint density at radius 1 is 1.21 bits per heavy atom. The largest absolute Gasteiger partial charge is 0.487 e. The van der Waals surface area contributed by atoms with Gasteiger partial charge in [0.1, 0.15) is 18.1 Å². The van der Waals surface area contributed by atoms with Gasteiger partial charge in [0.25, 0.3) is 5.91 Å². The standard InChI is InChI=1S/C17H14BrN3O2S/c1-11-16(21-24-20-11)10-23-13-6-4-5-12(9-13)17(22)19-15-8-3-2-7-14(15)18/h2-9H,10H2,1H3,(H,19,22). The monoisotopic (exact) mass is 403 g/mol. The molecule has 122 valence electrons. The number of benzene rings is 2. The van der Waals surface area contributed by atoms with Crippen LogP contribution >= 0.6 is 27.7 Å². The second-order valence-corrected chi connectivity index (χ2v) is 6.43. The number of hydrogen-bond acceptors (Lipinski definition) is 5. The van der Waals surface area contributed by atoms with Crippen molar-refractivity contribution in [1.82, 2.24) is 8.75 Å². The first-order chi connectivity index (χ1) is 11.6. The molecule has 7 heteroatoms. The van der Waals surface area contributed by atoms with E-state index >= 15 is 0 Å². The van der Waals surface area contributed by atoms with Crippen LogP contribution in [-0.4, -0.2) is 14.7 Å². The summed E-state index contributed by atoms with van der Waals surface area (Å²) in [5.74, 6) is 0.418. The number of para-hydroxylation sites is 1. The zero-order chi connectivity index (χ0) is 16.9. The van der Waals surface area contributed by atoms with Crippen LogP contribution in [0.25, 0.3) is 0 Å². The summed E-state index contributed by atoms with van der Waals surface area (Å²) in [6.45, 7) is 2.22. The Balaban J connectivity index is 1.69. The molecule has 0 atom stereocenters. The van der Waals surface area contributed by atoms with Gasteiger partial charge in [-0.3, -0.25) is 4.79 Å². The number of amides is 1. The molecule has 0 saturated carbocycles. The van der Waals surface area contributed by atoms with Gasteiger partial charge in [-0.2, -0.15) is 8.75 Å². The fourth-order valence-electron chi connectivity index (χ4n) is 2.02. The number of carbonyl (C=O) groups is 1. The predicted octanol–water partition coefficient (Wildman–Crippen LogP) is 4.44. The topological polar surface area (TPSA) is 64.1 Å². The van der Waals surface area contributed by atoms with Crippen LogP contribution in [0.4, 0.5) is 5.69 Å². The molecule has 0 radical (unpaired) electrons. The van der Waals surface area contributed by atoms with Gasteiger partial charge in [-0.15, -0.1) is 0 Å². The predicted molar refractivity (Wildman–Crippen MR) is 97.5 cm³/mol. The van der Waals surface area contributed by atoms with Crippen molar-refractivity contribution in [3.63, 3.8) is 0 Å². The lowest BCUT2D eigenvalue weighted by Crippen LogP contribution is -2.12. The van der Waals surface area contributed by atoms with E-state index < -0.39 is 0 Å². The Morgan fingerprint density at radius 2 is 2.04 bits per heavy atom. The third-order valence-electron chi connectivity index (χ3n) is 3.34. The second kappa shape index (κ2) is 7.55. The molecule has 0 aliphatic carbocycles. The van der Waals surface area contributed by atoms with Gasteiger partial charge >= 0.3 is 0 Å². The van der Waals surface area contributed by atoms with Gasteiger partial charge in [-0.1, -0.05) is 18.2 Å². The lowest BCUT2D eigenvalue weighted by Gasteiger charge is -2.09. The van der Waals surface area contributed by atoms with Gasteiger partial charge < -0.3 is 10.1 Å². The average Bonchev–Trinajstić information content (AvgIpc) is 3.00. The van der Waals surface area contributed by atoms with Crippen LogP contribution < -0.4 is 10.1 Å². The van der Waals surface area contributed by atoms with Crippen molar-refractivity contribution in [2.75, 3.05) is 5.32 Å². The van der Waals surface area contributed by atoms with Gasteiger partial charge in [-0.25, -0.2) is 0 Å². The summed E-state index contributed by atoms with van der Waals surface area (Å²) in [4.78, 5) is 12.4. The molecule has 0 bridgehead atoms. The molecule has 0 saturated heterocycles. The van der Waals surface area contributed by atoms with E-state index in [-0.39, 0.29) is 5.91 Å². The number of carbonyl (C=O) groups excluding carboxylic acids is 1. The zero-order valence-electron chi connectivity index (χ0n) is 12.8. The van der Waals surface area contributed by atoms with E-state index in [1.54, 1.807) is 18.2 Å². The molecule has 1 aromatic heterocycles. The van der Waals surface area contributed by atoms with E-state index in [2.05, 4.69) is 30.0 Å². The first kappa shape index (κ1) is 16.6. The highest BCUT2D eigenvalue weighted by atomic mass is 79.9. The first-order valence-corrected chi connectivity index (χ1v) is 8.72. The zero-order valence-corrected chi connectivity index (χ0v) is 15.2. The summed E-state index contributed by atoms with van der Waals surface area (Å²) in [7, 11) is 0. The third-order valence-corrected chi connectivity index (χ3v) is 4.69. The van der Waals surface area contributed by atoms with E-state index in [1.165, 1.54) is 0 Å². The lowest BCUT2D eigenvalue weighted by atomic mass is 10.2. The number of nitrogens with zero attached hydrogens (tertiary/aromatic N) is 2. The molecule has 0 aliphatic heterocycles. The van der Waals surface area contributed by atoms with E-state index in [0.717, 1.165) is 33.3 Å². The molecular weight excluding hydrogens is 390 g/mol. The quantitative estimate of drug-likeness (QED) is 0.683. The van der Waals surface area contributed by atoms with Gasteiger partial charge in [0, 0.05) is 10.0 Å². The third kappa shape index (κ3) is 3.98. The number of anilines is 1. The molecule has 0 spiro atoms. The van der Waals surface area contributed by atoms with Crippen molar-refractivity contribution < 1.29 is 9.53 Å². The van der Waals surface area contributed by atoms with Crippen molar-refractivity contribution >= 4 is 39.3 Å². The minimum Gasteiger partial charge on any atom is -0.487 e. The second-order valence-electron chi connectivity index (χ2n) is 5.05. The maximum absolute atomic E-state index is 12.4.